The second kappa shape index (κ2) is 11.6. The quantitative estimate of drug-likeness (QED) is 0.326. The van der Waals surface area contributed by atoms with E-state index in [0.717, 1.165) is 14.2 Å². The molecule has 170 valence electrons. The molecule has 3 atom stereocenters. The number of hydrogen-bond acceptors (Lipinski definition) is 7. The summed E-state index contributed by atoms with van der Waals surface area (Å²) in [5.74, 6) is -7.37. The van der Waals surface area contributed by atoms with Crippen LogP contribution in [0.25, 0.3) is 0 Å². The molecule has 0 saturated heterocycles. The number of hydrogen-bond donors (Lipinski definition) is 3. The highest BCUT2D eigenvalue weighted by molar-refractivity contribution is 5.97. The molecule has 10 nitrogen and oxygen atoms in total. The highest BCUT2D eigenvalue weighted by Crippen LogP contribution is 2.20. The molecule has 1 aromatic carbocycles. The Bertz CT molecular complexity index is 813. The summed E-state index contributed by atoms with van der Waals surface area (Å²) in [5.41, 5.74) is 5.93. The molecule has 0 fully saturated rings. The number of carbonyl (C=O) groups excluding carboxylic acids is 5. The lowest BCUT2D eigenvalue weighted by Gasteiger charge is -2.28. The largest absolute Gasteiger partial charge is 0.468 e. The van der Waals surface area contributed by atoms with Crippen molar-refractivity contribution in [1.29, 1.82) is 0 Å². The maximum absolute atomic E-state index is 13.1. The first-order valence-electron chi connectivity index (χ1n) is 9.28. The van der Waals surface area contributed by atoms with Gasteiger partial charge in [0.15, 0.2) is 5.92 Å². The molecule has 1 rings (SSSR count). The smallest absolute Gasteiger partial charge is 0.320 e. The SMILES string of the molecule is COC(=O)C(C(=O)OC)[C@H](C)[C@H](NC(=O)[C@@H](Cc1ccc(F)cc1)NC(C)=O)C(N)=O. The molecule has 0 aliphatic carbocycles. The van der Waals surface area contributed by atoms with Gasteiger partial charge in [0.05, 0.1) is 14.2 Å². The average Bonchev–Trinajstić information content (AvgIpc) is 2.71. The van der Waals surface area contributed by atoms with E-state index in [9.17, 15) is 28.4 Å². The van der Waals surface area contributed by atoms with Crippen molar-refractivity contribution in [2.45, 2.75) is 32.4 Å². The van der Waals surface area contributed by atoms with Crippen molar-refractivity contribution in [3.63, 3.8) is 0 Å². The molecular formula is C20H26FN3O7. The van der Waals surface area contributed by atoms with E-state index in [2.05, 4.69) is 20.1 Å². The number of rotatable bonds is 10. The molecule has 1 aromatic rings. The summed E-state index contributed by atoms with van der Waals surface area (Å²) < 4.78 is 22.3. The number of halogens is 1. The fourth-order valence-electron chi connectivity index (χ4n) is 3.00. The minimum Gasteiger partial charge on any atom is -0.468 e. The third kappa shape index (κ3) is 7.36. The Hall–Kier alpha value is -3.50. The van der Waals surface area contributed by atoms with Crippen molar-refractivity contribution < 1.29 is 37.8 Å². The van der Waals surface area contributed by atoms with E-state index in [0.29, 0.717) is 5.56 Å². The zero-order valence-corrected chi connectivity index (χ0v) is 17.6. The van der Waals surface area contributed by atoms with Crippen molar-refractivity contribution in [2.75, 3.05) is 14.2 Å². The Balaban J connectivity index is 3.12. The lowest BCUT2D eigenvalue weighted by molar-refractivity contribution is -0.162. The van der Waals surface area contributed by atoms with Gasteiger partial charge in [0.1, 0.15) is 17.9 Å². The summed E-state index contributed by atoms with van der Waals surface area (Å²) in [6, 6.07) is 2.69. The first-order chi connectivity index (χ1) is 14.5. The summed E-state index contributed by atoms with van der Waals surface area (Å²) in [5, 5.41) is 4.82. The molecule has 31 heavy (non-hydrogen) atoms. The van der Waals surface area contributed by atoms with Gasteiger partial charge in [-0.25, -0.2) is 4.39 Å². The van der Waals surface area contributed by atoms with Crippen LogP contribution in [-0.2, 0) is 39.9 Å². The molecule has 0 heterocycles. The van der Waals surface area contributed by atoms with Crippen LogP contribution >= 0.6 is 0 Å². The van der Waals surface area contributed by atoms with E-state index in [1.54, 1.807) is 0 Å². The van der Waals surface area contributed by atoms with Crippen molar-refractivity contribution in [2.24, 2.45) is 17.6 Å². The minimum atomic E-state index is -1.52. The third-order valence-electron chi connectivity index (χ3n) is 4.61. The van der Waals surface area contributed by atoms with Crippen LogP contribution in [0.3, 0.4) is 0 Å². The number of amides is 3. The maximum atomic E-state index is 13.1. The van der Waals surface area contributed by atoms with Crippen molar-refractivity contribution in [3.8, 4) is 0 Å². The van der Waals surface area contributed by atoms with Gasteiger partial charge in [0, 0.05) is 19.3 Å². The Morgan fingerprint density at radius 1 is 1.00 bits per heavy atom. The topological polar surface area (TPSA) is 154 Å². The van der Waals surface area contributed by atoms with Gasteiger partial charge >= 0.3 is 11.9 Å². The van der Waals surface area contributed by atoms with E-state index >= 15 is 0 Å². The summed E-state index contributed by atoms with van der Waals surface area (Å²) in [6.07, 6.45) is -0.0109. The number of benzene rings is 1. The number of nitrogens with two attached hydrogens (primary N) is 1. The van der Waals surface area contributed by atoms with Gasteiger partial charge in [-0.05, 0) is 17.7 Å². The average molecular weight is 439 g/mol. The molecule has 0 aliphatic rings. The van der Waals surface area contributed by atoms with Crippen LogP contribution in [0.1, 0.15) is 19.4 Å². The van der Waals surface area contributed by atoms with Gasteiger partial charge in [-0.3, -0.25) is 24.0 Å². The highest BCUT2D eigenvalue weighted by Gasteiger charge is 2.41. The lowest BCUT2D eigenvalue weighted by Crippen LogP contribution is -2.57. The normalized spacial score (nSPS) is 13.5. The van der Waals surface area contributed by atoms with Crippen molar-refractivity contribution >= 4 is 29.7 Å². The molecule has 4 N–H and O–H groups in total. The van der Waals surface area contributed by atoms with Crippen LogP contribution in [0, 0.1) is 17.7 Å². The number of methoxy groups -OCH3 is 2. The fraction of sp³-hybridized carbons (Fsp3) is 0.450. The number of primary amides is 1. The molecule has 0 unspecified atom stereocenters. The van der Waals surface area contributed by atoms with Gasteiger partial charge in [-0.2, -0.15) is 0 Å². The second-order valence-electron chi connectivity index (χ2n) is 6.86. The van der Waals surface area contributed by atoms with Gasteiger partial charge in [-0.15, -0.1) is 0 Å². The Morgan fingerprint density at radius 2 is 1.52 bits per heavy atom. The van der Waals surface area contributed by atoms with Crippen LogP contribution < -0.4 is 16.4 Å². The molecule has 0 bridgehead atoms. The zero-order chi connectivity index (χ0) is 23.7. The van der Waals surface area contributed by atoms with Crippen LogP contribution in [0.2, 0.25) is 0 Å². The zero-order valence-electron chi connectivity index (χ0n) is 17.6. The minimum absolute atomic E-state index is 0.0109. The molecule has 3 amide bonds. The Kier molecular flexibility index (Phi) is 9.58. The summed E-state index contributed by atoms with van der Waals surface area (Å²) in [7, 11) is 2.11. The Labute approximate surface area is 178 Å². The monoisotopic (exact) mass is 439 g/mol. The fourth-order valence-corrected chi connectivity index (χ4v) is 3.00. The molecule has 0 aromatic heterocycles. The Morgan fingerprint density at radius 3 is 1.94 bits per heavy atom. The summed E-state index contributed by atoms with van der Waals surface area (Å²) in [6.45, 7) is 2.55. The van der Waals surface area contributed by atoms with E-state index < -0.39 is 59.4 Å². The van der Waals surface area contributed by atoms with Gasteiger partial charge in [0.25, 0.3) is 0 Å². The number of ether oxygens (including phenoxy) is 2. The predicted molar refractivity (Wildman–Crippen MR) is 106 cm³/mol. The number of nitrogens with one attached hydrogen (secondary N) is 2. The van der Waals surface area contributed by atoms with Gasteiger partial charge in [0.2, 0.25) is 17.7 Å². The standard InChI is InChI=1S/C20H26FN3O7/c1-10(15(19(28)30-3)20(29)31-4)16(17(22)26)24-18(27)14(23-11(2)25)9-12-5-7-13(21)8-6-12/h5-8,10,14-16H,9H2,1-4H3,(H2,22,26)(H,23,25)(H,24,27)/t10-,14+,16-/m0/s1. The molecule has 0 saturated carbocycles. The molecule has 11 heteroatoms. The van der Waals surface area contributed by atoms with Crippen LogP contribution in [0.4, 0.5) is 4.39 Å². The van der Waals surface area contributed by atoms with Gasteiger partial charge in [-0.1, -0.05) is 19.1 Å². The molecule has 0 aliphatic heterocycles. The first kappa shape index (κ1) is 25.5. The molecule has 0 radical (unpaired) electrons. The van der Waals surface area contributed by atoms with E-state index in [-0.39, 0.29) is 6.42 Å². The number of carbonyl (C=O) groups is 5. The van der Waals surface area contributed by atoms with Crippen molar-refractivity contribution in [1.82, 2.24) is 10.6 Å². The maximum Gasteiger partial charge on any atom is 0.320 e. The van der Waals surface area contributed by atoms with E-state index in [1.807, 2.05) is 0 Å². The molecule has 0 spiro atoms. The predicted octanol–water partition coefficient (Wildman–Crippen LogP) is -0.559. The van der Waals surface area contributed by atoms with Gasteiger partial charge < -0.3 is 25.8 Å². The van der Waals surface area contributed by atoms with Crippen molar-refractivity contribution in [3.05, 3.63) is 35.6 Å². The highest BCUT2D eigenvalue weighted by atomic mass is 19.1. The van der Waals surface area contributed by atoms with Crippen LogP contribution in [-0.4, -0.2) is 56.0 Å². The van der Waals surface area contributed by atoms with E-state index in [4.69, 9.17) is 5.73 Å². The van der Waals surface area contributed by atoms with Crippen LogP contribution in [0.5, 0.6) is 0 Å². The third-order valence-corrected chi connectivity index (χ3v) is 4.61. The lowest BCUT2D eigenvalue weighted by atomic mass is 9.86. The second-order valence-corrected chi connectivity index (χ2v) is 6.86. The first-order valence-corrected chi connectivity index (χ1v) is 9.28. The molecular weight excluding hydrogens is 413 g/mol. The van der Waals surface area contributed by atoms with E-state index in [1.165, 1.54) is 38.1 Å². The number of esters is 2. The summed E-state index contributed by atoms with van der Waals surface area (Å²) in [4.78, 5) is 60.5. The van der Waals surface area contributed by atoms with Crippen LogP contribution in [0.15, 0.2) is 24.3 Å². The summed E-state index contributed by atoms with van der Waals surface area (Å²) >= 11 is 0.